The molecule has 1 heterocycles. The molecule has 1 aliphatic heterocycles. The molecule has 0 aromatic heterocycles. The van der Waals surface area contributed by atoms with Crippen LogP contribution in [0, 0.1) is 11.8 Å². The largest absolute Gasteiger partial charge is 0.384 e. The van der Waals surface area contributed by atoms with Crippen molar-refractivity contribution in [3.8, 4) is 0 Å². The molecule has 0 aromatic rings. The Labute approximate surface area is 101 Å². The van der Waals surface area contributed by atoms with Crippen molar-refractivity contribution in [3.05, 3.63) is 0 Å². The van der Waals surface area contributed by atoms with Crippen molar-refractivity contribution in [2.75, 3.05) is 46.4 Å². The van der Waals surface area contributed by atoms with Gasteiger partial charge in [-0.2, -0.15) is 0 Å². The van der Waals surface area contributed by atoms with Crippen molar-refractivity contribution < 1.29 is 4.74 Å². The van der Waals surface area contributed by atoms with E-state index in [-0.39, 0.29) is 0 Å². The average molecular weight is 228 g/mol. The zero-order valence-electron chi connectivity index (χ0n) is 11.2. The van der Waals surface area contributed by atoms with E-state index in [0.717, 1.165) is 19.1 Å². The lowest BCUT2D eigenvalue weighted by molar-refractivity contribution is 0.120. The Morgan fingerprint density at radius 2 is 2.06 bits per heavy atom. The van der Waals surface area contributed by atoms with Gasteiger partial charge in [0.1, 0.15) is 0 Å². The Hall–Kier alpha value is -0.120. The number of nitrogens with zero attached hydrogens (tertiary/aromatic N) is 1. The van der Waals surface area contributed by atoms with E-state index in [9.17, 15) is 0 Å². The summed E-state index contributed by atoms with van der Waals surface area (Å²) in [5.41, 5.74) is 0. The van der Waals surface area contributed by atoms with Gasteiger partial charge in [0.05, 0.1) is 0 Å². The topological polar surface area (TPSA) is 24.5 Å². The highest BCUT2D eigenvalue weighted by Gasteiger charge is 2.17. The summed E-state index contributed by atoms with van der Waals surface area (Å²) in [5.74, 6) is 1.54. The fraction of sp³-hybridized carbons (Fsp3) is 1.00. The molecule has 1 aliphatic rings. The van der Waals surface area contributed by atoms with Gasteiger partial charge < -0.3 is 15.0 Å². The van der Waals surface area contributed by atoms with Crippen LogP contribution in [0.25, 0.3) is 0 Å². The molecule has 16 heavy (non-hydrogen) atoms. The molecule has 0 amide bonds. The van der Waals surface area contributed by atoms with Crippen molar-refractivity contribution in [1.29, 1.82) is 0 Å². The molecule has 0 aliphatic carbocycles. The predicted molar refractivity (Wildman–Crippen MR) is 68.7 cm³/mol. The van der Waals surface area contributed by atoms with Crippen molar-refractivity contribution in [3.63, 3.8) is 0 Å². The van der Waals surface area contributed by atoms with Gasteiger partial charge in [-0.05, 0) is 44.3 Å². The molecule has 0 spiro atoms. The first-order valence-corrected chi connectivity index (χ1v) is 6.68. The normalized spacial score (nSPS) is 20.2. The number of rotatable bonds is 7. The third kappa shape index (κ3) is 5.28. The molecule has 1 unspecified atom stereocenters. The third-order valence-electron chi connectivity index (χ3n) is 3.44. The fourth-order valence-electron chi connectivity index (χ4n) is 2.54. The minimum Gasteiger partial charge on any atom is -0.384 e. The van der Waals surface area contributed by atoms with E-state index in [1.807, 2.05) is 0 Å². The molecule has 3 heteroatoms. The molecule has 1 fully saturated rings. The summed E-state index contributed by atoms with van der Waals surface area (Å²) in [4.78, 5) is 2.58. The zero-order chi connectivity index (χ0) is 11.8. The molecule has 1 rings (SSSR count). The highest BCUT2D eigenvalue weighted by molar-refractivity contribution is 4.73. The molecule has 0 saturated carbocycles. The van der Waals surface area contributed by atoms with Gasteiger partial charge in [-0.25, -0.2) is 0 Å². The van der Waals surface area contributed by atoms with Crippen LogP contribution in [0.5, 0.6) is 0 Å². The molecule has 96 valence electrons. The summed E-state index contributed by atoms with van der Waals surface area (Å²) in [6.45, 7) is 11.4. The first-order valence-electron chi connectivity index (χ1n) is 6.68. The number of nitrogens with one attached hydrogen (secondary N) is 1. The molecule has 1 saturated heterocycles. The third-order valence-corrected chi connectivity index (χ3v) is 3.44. The van der Waals surface area contributed by atoms with E-state index >= 15 is 0 Å². The van der Waals surface area contributed by atoms with Gasteiger partial charge >= 0.3 is 0 Å². The Morgan fingerprint density at radius 1 is 1.38 bits per heavy atom. The monoisotopic (exact) mass is 228 g/mol. The Bertz CT molecular complexity index is 169. The lowest BCUT2D eigenvalue weighted by Gasteiger charge is -2.30. The van der Waals surface area contributed by atoms with Gasteiger partial charge in [-0.15, -0.1) is 0 Å². The summed E-state index contributed by atoms with van der Waals surface area (Å²) in [7, 11) is 1.79. The maximum absolute atomic E-state index is 5.20. The van der Waals surface area contributed by atoms with Crippen LogP contribution in [0.4, 0.5) is 0 Å². The quantitative estimate of drug-likeness (QED) is 0.716. The molecule has 1 atom stereocenters. The predicted octanol–water partition coefficient (Wildman–Crippen LogP) is 1.59. The van der Waals surface area contributed by atoms with Crippen molar-refractivity contribution >= 4 is 0 Å². The Kier molecular flexibility index (Phi) is 7.01. The first-order chi connectivity index (χ1) is 7.76. The maximum Gasteiger partial charge on any atom is 0.0500 e. The number of ether oxygens (including phenoxy) is 1. The average Bonchev–Trinajstić information content (AvgIpc) is 2.30. The summed E-state index contributed by atoms with van der Waals surface area (Å²) in [5, 5.41) is 3.43. The number of hydrogen-bond acceptors (Lipinski definition) is 3. The van der Waals surface area contributed by atoms with E-state index < -0.39 is 0 Å². The van der Waals surface area contributed by atoms with E-state index in [0.29, 0.717) is 5.92 Å². The van der Waals surface area contributed by atoms with Gasteiger partial charge in [0.2, 0.25) is 0 Å². The zero-order valence-corrected chi connectivity index (χ0v) is 11.2. The van der Waals surface area contributed by atoms with E-state index in [4.69, 9.17) is 4.74 Å². The molecule has 1 N–H and O–H groups in total. The van der Waals surface area contributed by atoms with Crippen LogP contribution in [-0.2, 0) is 4.74 Å². The van der Waals surface area contributed by atoms with Crippen LogP contribution in [0.1, 0.15) is 26.7 Å². The van der Waals surface area contributed by atoms with Gasteiger partial charge in [0.15, 0.2) is 0 Å². The van der Waals surface area contributed by atoms with Crippen LogP contribution >= 0.6 is 0 Å². The molecule has 3 nitrogen and oxygen atoms in total. The van der Waals surface area contributed by atoms with Crippen LogP contribution in [0.2, 0.25) is 0 Å². The van der Waals surface area contributed by atoms with Crippen LogP contribution in [-0.4, -0.2) is 51.3 Å². The number of piperidine rings is 1. The van der Waals surface area contributed by atoms with Gasteiger partial charge in [-0.3, -0.25) is 0 Å². The molecule has 0 aromatic carbocycles. The van der Waals surface area contributed by atoms with Crippen LogP contribution < -0.4 is 5.32 Å². The molecular formula is C13H28N2O. The lowest BCUT2D eigenvalue weighted by atomic mass is 9.97. The molecule has 0 radical (unpaired) electrons. The number of hydrogen-bond donors (Lipinski definition) is 1. The second kappa shape index (κ2) is 8.04. The van der Waals surface area contributed by atoms with Gasteiger partial charge in [0, 0.05) is 26.8 Å². The second-order valence-electron chi connectivity index (χ2n) is 5.11. The minimum atomic E-state index is 0.645. The summed E-state index contributed by atoms with van der Waals surface area (Å²) in [6.07, 6.45) is 2.68. The molecule has 0 bridgehead atoms. The SMILES string of the molecule is CCN(CC(C)COC)CC1CCNCC1. The number of methoxy groups -OCH3 is 1. The van der Waals surface area contributed by atoms with E-state index in [1.165, 1.54) is 39.0 Å². The van der Waals surface area contributed by atoms with Gasteiger partial charge in [-0.1, -0.05) is 13.8 Å². The Balaban J connectivity index is 2.24. The van der Waals surface area contributed by atoms with Crippen molar-refractivity contribution in [2.45, 2.75) is 26.7 Å². The highest BCUT2D eigenvalue weighted by Crippen LogP contribution is 2.14. The maximum atomic E-state index is 5.20. The van der Waals surface area contributed by atoms with Crippen molar-refractivity contribution in [2.24, 2.45) is 11.8 Å². The highest BCUT2D eigenvalue weighted by atomic mass is 16.5. The first kappa shape index (κ1) is 13.9. The Morgan fingerprint density at radius 3 is 2.62 bits per heavy atom. The summed E-state index contributed by atoms with van der Waals surface area (Å²) >= 11 is 0. The van der Waals surface area contributed by atoms with E-state index in [2.05, 4.69) is 24.1 Å². The van der Waals surface area contributed by atoms with E-state index in [1.54, 1.807) is 7.11 Å². The summed E-state index contributed by atoms with van der Waals surface area (Å²) in [6, 6.07) is 0. The van der Waals surface area contributed by atoms with Gasteiger partial charge in [0.25, 0.3) is 0 Å². The summed E-state index contributed by atoms with van der Waals surface area (Å²) < 4.78 is 5.20. The fourth-order valence-corrected chi connectivity index (χ4v) is 2.54. The molecular weight excluding hydrogens is 200 g/mol. The minimum absolute atomic E-state index is 0.645. The van der Waals surface area contributed by atoms with Crippen LogP contribution in [0.15, 0.2) is 0 Å². The standard InChI is InChI=1S/C13H28N2O/c1-4-15(9-12(2)11-16-3)10-13-5-7-14-8-6-13/h12-14H,4-11H2,1-3H3. The van der Waals surface area contributed by atoms with Crippen molar-refractivity contribution in [1.82, 2.24) is 10.2 Å². The lowest BCUT2D eigenvalue weighted by Crippen LogP contribution is -2.38. The second-order valence-corrected chi connectivity index (χ2v) is 5.11. The smallest absolute Gasteiger partial charge is 0.0500 e. The van der Waals surface area contributed by atoms with Crippen LogP contribution in [0.3, 0.4) is 0 Å².